The summed E-state index contributed by atoms with van der Waals surface area (Å²) in [6.45, 7) is 4.30. The lowest BCUT2D eigenvalue weighted by molar-refractivity contribution is -0.138. The highest BCUT2D eigenvalue weighted by molar-refractivity contribution is 7.88. The maximum atomic E-state index is 14.5. The Bertz CT molecular complexity index is 2020. The summed E-state index contributed by atoms with van der Waals surface area (Å²) >= 11 is 13.1. The summed E-state index contributed by atoms with van der Waals surface area (Å²) in [5.41, 5.74) is 11.0. The third-order valence-electron chi connectivity index (χ3n) is 10.2. The number of unbranched alkanes of at least 4 members (excludes halogenated alkanes) is 1. The second kappa shape index (κ2) is 19.8. The number of halogens is 2. The normalized spacial score (nSPS) is 20.6. The van der Waals surface area contributed by atoms with Crippen molar-refractivity contribution in [3.8, 4) is 0 Å². The Morgan fingerprint density at radius 1 is 1.02 bits per heavy atom. The van der Waals surface area contributed by atoms with E-state index in [9.17, 15) is 22.8 Å². The fourth-order valence-corrected chi connectivity index (χ4v) is 8.80. The number of amidine groups is 1. The Hall–Kier alpha value is -4.21. The van der Waals surface area contributed by atoms with Gasteiger partial charge in [-0.3, -0.25) is 19.3 Å². The largest absolute Gasteiger partial charge is 0.535 e. The molecule has 2 amide bonds. The van der Waals surface area contributed by atoms with Crippen LogP contribution in [0.2, 0.25) is 10.0 Å². The van der Waals surface area contributed by atoms with Gasteiger partial charge in [0.05, 0.1) is 31.4 Å². The molecule has 13 nitrogen and oxygen atoms in total. The lowest BCUT2D eigenvalue weighted by Crippen LogP contribution is -2.59. The zero-order valence-electron chi connectivity index (χ0n) is 31.7. The molecule has 56 heavy (non-hydrogen) atoms. The minimum absolute atomic E-state index is 0.0662. The number of nitrogens with one attached hydrogen (secondary N) is 2. The van der Waals surface area contributed by atoms with E-state index >= 15 is 0 Å². The molecule has 0 bridgehead atoms. The molecule has 0 radical (unpaired) electrons. The van der Waals surface area contributed by atoms with Gasteiger partial charge in [0, 0.05) is 33.3 Å². The number of amides is 2. The van der Waals surface area contributed by atoms with E-state index in [1.807, 2.05) is 6.92 Å². The molecule has 1 unspecified atom stereocenters. The number of hydroxylamine groups is 1. The van der Waals surface area contributed by atoms with Gasteiger partial charge in [0.1, 0.15) is 0 Å². The van der Waals surface area contributed by atoms with Gasteiger partial charge in [0.15, 0.2) is 5.84 Å². The predicted molar refractivity (Wildman–Crippen MR) is 214 cm³/mol. The molecular formula is C40H49Cl2N5O8S. The number of hydrogen-bond acceptors (Lipinski definition) is 9. The molecule has 302 valence electrons. The molecule has 1 fully saturated rings. The number of sulfonamides is 1. The summed E-state index contributed by atoms with van der Waals surface area (Å²) in [5.74, 6) is -1.75. The highest BCUT2D eigenvalue weighted by Gasteiger charge is 2.49. The van der Waals surface area contributed by atoms with E-state index < -0.39 is 46.1 Å². The van der Waals surface area contributed by atoms with Gasteiger partial charge in [-0.15, -0.1) is 0 Å². The van der Waals surface area contributed by atoms with Gasteiger partial charge < -0.3 is 15.4 Å². The third kappa shape index (κ3) is 11.0. The van der Waals surface area contributed by atoms with Gasteiger partial charge >= 0.3 is 6.16 Å². The Kier molecular flexibility index (Phi) is 15.2. The van der Waals surface area contributed by atoms with Gasteiger partial charge in [0.25, 0.3) is 11.8 Å². The second-order valence-electron chi connectivity index (χ2n) is 14.2. The number of oxime groups is 1. The first-order valence-electron chi connectivity index (χ1n) is 18.8. The summed E-state index contributed by atoms with van der Waals surface area (Å²) < 4.78 is 32.9. The molecule has 5 atom stereocenters. The molecule has 0 aromatic heterocycles. The molecule has 1 aliphatic carbocycles. The zero-order valence-corrected chi connectivity index (χ0v) is 34.0. The topological polar surface area (TPSA) is 179 Å². The van der Waals surface area contributed by atoms with E-state index in [1.165, 1.54) is 0 Å². The fraction of sp³-hybridized carbons (Fsp3) is 0.450. The SMILES string of the molecule is CCCCC(CC)COC(=O)ON=C(N)c1cccc(CONC(=O)[C@@H]2c3ccccc3C(=O)N([C@H]3CCCC[C@@H]3NS(C)(=O)=O)[C@H]2c2ccc(Cl)cc2Cl)c1. The van der Waals surface area contributed by atoms with E-state index in [-0.39, 0.29) is 35.9 Å². The summed E-state index contributed by atoms with van der Waals surface area (Å²) in [7, 11) is -3.64. The van der Waals surface area contributed by atoms with Crippen LogP contribution in [0.5, 0.6) is 0 Å². The molecular weight excluding hydrogens is 781 g/mol. The Morgan fingerprint density at radius 2 is 1.79 bits per heavy atom. The number of hydrogen-bond donors (Lipinski definition) is 3. The first-order chi connectivity index (χ1) is 26.8. The summed E-state index contributed by atoms with van der Waals surface area (Å²) in [4.78, 5) is 53.3. The van der Waals surface area contributed by atoms with Crippen molar-refractivity contribution in [2.75, 3.05) is 12.9 Å². The number of ether oxygens (including phenoxy) is 1. The summed E-state index contributed by atoms with van der Waals surface area (Å²) in [5, 5.41) is 4.35. The van der Waals surface area contributed by atoms with Crippen molar-refractivity contribution in [2.45, 2.75) is 95.9 Å². The molecule has 16 heteroatoms. The van der Waals surface area contributed by atoms with E-state index in [4.69, 9.17) is 43.3 Å². The molecule has 3 aromatic rings. The average molecular weight is 831 g/mol. The van der Waals surface area contributed by atoms with Crippen molar-refractivity contribution < 1.29 is 37.2 Å². The minimum atomic E-state index is -3.64. The van der Waals surface area contributed by atoms with Crippen LogP contribution in [-0.4, -0.2) is 62.1 Å². The van der Waals surface area contributed by atoms with Crippen LogP contribution >= 0.6 is 23.2 Å². The van der Waals surface area contributed by atoms with Crippen LogP contribution in [0, 0.1) is 5.92 Å². The zero-order chi connectivity index (χ0) is 40.4. The summed E-state index contributed by atoms with van der Waals surface area (Å²) in [6.07, 6.45) is 6.61. The maximum absolute atomic E-state index is 14.5. The van der Waals surface area contributed by atoms with Crippen molar-refractivity contribution >= 4 is 57.0 Å². The van der Waals surface area contributed by atoms with Crippen LogP contribution in [0.15, 0.2) is 71.9 Å². The smallest absolute Gasteiger partial charge is 0.432 e. The molecule has 0 spiro atoms. The minimum Gasteiger partial charge on any atom is -0.432 e. The highest BCUT2D eigenvalue weighted by atomic mass is 35.5. The molecule has 0 saturated heterocycles. The standard InChI is InChI=1S/C40H49Cl2N5O8S/c1-4-6-12-25(5-2)23-53-40(50)55-44-37(43)27-14-11-13-26(21-27)24-54-45-38(48)35-29-15-7-8-16-30(29)39(49)47(36(35)31-20-19-28(41)22-32(31)42)34-18-10-9-17-33(34)46-56(3,51)52/h7-8,11,13-16,19-22,25,33-36,46H,4-6,9-10,12,17-18,23-24H2,1-3H3,(H2,43,44)(H,45,48)/t25?,33-,34-,35+,36-/m0/s1. The molecule has 1 heterocycles. The van der Waals surface area contributed by atoms with Crippen LogP contribution in [0.4, 0.5) is 4.79 Å². The fourth-order valence-electron chi connectivity index (χ4n) is 7.45. The predicted octanol–water partition coefficient (Wildman–Crippen LogP) is 7.37. The lowest BCUT2D eigenvalue weighted by Gasteiger charge is -2.49. The number of nitrogens with zero attached hydrogens (tertiary/aromatic N) is 2. The van der Waals surface area contributed by atoms with E-state index in [1.54, 1.807) is 71.6 Å². The van der Waals surface area contributed by atoms with Gasteiger partial charge in [-0.05, 0) is 66.1 Å². The Labute approximate surface area is 338 Å². The molecule has 1 saturated carbocycles. The monoisotopic (exact) mass is 829 g/mol. The number of carbonyl (C=O) groups is 3. The number of nitrogens with two attached hydrogens (primary N) is 1. The van der Waals surface area contributed by atoms with E-state index in [0.29, 0.717) is 45.7 Å². The average Bonchev–Trinajstić information content (AvgIpc) is 3.17. The van der Waals surface area contributed by atoms with Crippen molar-refractivity contribution in [1.82, 2.24) is 15.1 Å². The lowest BCUT2D eigenvalue weighted by atomic mass is 9.76. The van der Waals surface area contributed by atoms with Crippen molar-refractivity contribution in [2.24, 2.45) is 16.8 Å². The van der Waals surface area contributed by atoms with Gasteiger partial charge in [-0.1, -0.05) is 117 Å². The molecule has 4 N–H and O–H groups in total. The third-order valence-corrected chi connectivity index (χ3v) is 11.5. The van der Waals surface area contributed by atoms with Crippen molar-refractivity contribution in [3.63, 3.8) is 0 Å². The maximum Gasteiger partial charge on any atom is 0.535 e. The van der Waals surface area contributed by atoms with Crippen LogP contribution in [0.3, 0.4) is 0 Å². The van der Waals surface area contributed by atoms with Crippen LogP contribution in [0.1, 0.15) is 110 Å². The van der Waals surface area contributed by atoms with Crippen LogP contribution < -0.4 is 15.9 Å². The summed E-state index contributed by atoms with van der Waals surface area (Å²) in [6, 6.07) is 16.4. The van der Waals surface area contributed by atoms with Crippen molar-refractivity contribution in [1.29, 1.82) is 0 Å². The van der Waals surface area contributed by atoms with Gasteiger partial charge in [-0.2, -0.15) is 0 Å². The number of carbonyl (C=O) groups excluding carboxylic acids is 3. The first-order valence-corrected chi connectivity index (χ1v) is 21.5. The molecule has 5 rings (SSSR count). The van der Waals surface area contributed by atoms with Crippen LogP contribution in [-0.2, 0) is 35.8 Å². The van der Waals surface area contributed by atoms with E-state index in [0.717, 1.165) is 44.8 Å². The molecule has 3 aromatic carbocycles. The van der Waals surface area contributed by atoms with Crippen LogP contribution in [0.25, 0.3) is 0 Å². The van der Waals surface area contributed by atoms with Gasteiger partial charge in [-0.25, -0.2) is 23.4 Å². The number of rotatable bonds is 16. The molecule has 1 aliphatic heterocycles. The first kappa shape index (κ1) is 42.9. The Morgan fingerprint density at radius 3 is 2.52 bits per heavy atom. The highest BCUT2D eigenvalue weighted by Crippen LogP contribution is 2.48. The van der Waals surface area contributed by atoms with Crippen molar-refractivity contribution in [3.05, 3.63) is 105 Å². The number of benzene rings is 3. The van der Waals surface area contributed by atoms with Gasteiger partial charge in [0.2, 0.25) is 10.0 Å². The Balaban J connectivity index is 1.36. The number of fused-ring (bicyclic) bond motifs is 1. The molecule has 2 aliphatic rings. The second-order valence-corrected chi connectivity index (χ2v) is 16.9. The van der Waals surface area contributed by atoms with E-state index in [2.05, 4.69) is 22.3 Å². The quantitative estimate of drug-likeness (QED) is 0.0437.